The maximum Gasteiger partial charge on any atom is 0.255 e. The van der Waals surface area contributed by atoms with E-state index in [0.29, 0.717) is 24.3 Å². The number of amides is 1. The highest BCUT2D eigenvalue weighted by Gasteiger charge is 2.32. The third-order valence-corrected chi connectivity index (χ3v) is 6.75. The van der Waals surface area contributed by atoms with Gasteiger partial charge < -0.3 is 10.1 Å². The number of anilines is 1. The Morgan fingerprint density at radius 1 is 1.00 bits per heavy atom. The van der Waals surface area contributed by atoms with E-state index in [-0.39, 0.29) is 23.0 Å². The number of morpholine rings is 1. The normalized spacial score (nSPS) is 20.7. The van der Waals surface area contributed by atoms with Crippen LogP contribution in [0.3, 0.4) is 0 Å². The number of hydrogen-bond donors (Lipinski definition) is 1. The first-order valence-corrected chi connectivity index (χ1v) is 10.7. The molecule has 2 atom stereocenters. The van der Waals surface area contributed by atoms with Gasteiger partial charge in [0.2, 0.25) is 10.0 Å². The van der Waals surface area contributed by atoms with Crippen molar-refractivity contribution in [1.82, 2.24) is 4.31 Å². The summed E-state index contributed by atoms with van der Waals surface area (Å²) in [5, 5.41) is 2.84. The molecule has 0 unspecified atom stereocenters. The predicted molar refractivity (Wildman–Crippen MR) is 109 cm³/mol. The molecule has 0 bridgehead atoms. The van der Waals surface area contributed by atoms with E-state index in [1.807, 2.05) is 45.9 Å². The fourth-order valence-corrected chi connectivity index (χ4v) is 4.87. The summed E-state index contributed by atoms with van der Waals surface area (Å²) < 4.78 is 32.8. The van der Waals surface area contributed by atoms with E-state index < -0.39 is 10.0 Å². The summed E-state index contributed by atoms with van der Waals surface area (Å²) >= 11 is 0. The average Bonchev–Trinajstić information content (AvgIpc) is 2.64. The second kappa shape index (κ2) is 8.03. The first-order chi connectivity index (χ1) is 13.2. The van der Waals surface area contributed by atoms with Crippen molar-refractivity contribution in [3.8, 4) is 0 Å². The molecule has 2 aromatic rings. The molecule has 0 spiro atoms. The molecule has 0 saturated carbocycles. The molecule has 0 radical (unpaired) electrons. The molecule has 1 fully saturated rings. The molecule has 0 aromatic heterocycles. The highest BCUT2D eigenvalue weighted by Crippen LogP contribution is 2.22. The molecule has 28 heavy (non-hydrogen) atoms. The lowest BCUT2D eigenvalue weighted by molar-refractivity contribution is -0.0440. The minimum absolute atomic E-state index is 0.151. The van der Waals surface area contributed by atoms with Gasteiger partial charge in [0.25, 0.3) is 5.91 Å². The summed E-state index contributed by atoms with van der Waals surface area (Å²) in [6.45, 7) is 8.36. The summed E-state index contributed by atoms with van der Waals surface area (Å²) in [5.74, 6) is -0.277. The first-order valence-electron chi connectivity index (χ1n) is 9.31. The van der Waals surface area contributed by atoms with Crippen LogP contribution < -0.4 is 5.32 Å². The van der Waals surface area contributed by atoms with Crippen molar-refractivity contribution in [3.63, 3.8) is 0 Å². The van der Waals surface area contributed by atoms with Crippen LogP contribution >= 0.6 is 0 Å². The van der Waals surface area contributed by atoms with Crippen LogP contribution in [0.15, 0.2) is 47.4 Å². The van der Waals surface area contributed by atoms with Gasteiger partial charge in [-0.15, -0.1) is 0 Å². The summed E-state index contributed by atoms with van der Waals surface area (Å²) in [7, 11) is -3.62. The number of ether oxygens (including phenoxy) is 1. The summed E-state index contributed by atoms with van der Waals surface area (Å²) in [4.78, 5) is 12.6. The SMILES string of the molecule is Cc1ccc(NC(=O)c2ccc(S(=O)(=O)N3C[C@@H](C)O[C@@H](C)C3)cc2)cc1C. The number of hydrogen-bond acceptors (Lipinski definition) is 4. The zero-order chi connectivity index (χ0) is 20.5. The average molecular weight is 403 g/mol. The molecular formula is C21H26N2O4S. The second-order valence-electron chi connectivity index (χ2n) is 7.36. The van der Waals surface area contributed by atoms with Crippen LogP contribution in [-0.4, -0.2) is 43.9 Å². The molecule has 3 rings (SSSR count). The van der Waals surface area contributed by atoms with E-state index >= 15 is 0 Å². The van der Waals surface area contributed by atoms with Gasteiger partial charge in [-0.05, 0) is 75.2 Å². The van der Waals surface area contributed by atoms with E-state index in [4.69, 9.17) is 4.74 Å². The third kappa shape index (κ3) is 4.43. The maximum atomic E-state index is 12.9. The molecule has 2 aromatic carbocycles. The van der Waals surface area contributed by atoms with Crippen molar-refractivity contribution < 1.29 is 17.9 Å². The minimum Gasteiger partial charge on any atom is -0.373 e. The molecule has 1 amide bonds. The number of rotatable bonds is 4. The Morgan fingerprint density at radius 2 is 1.61 bits per heavy atom. The van der Waals surface area contributed by atoms with Crippen LogP contribution in [0.5, 0.6) is 0 Å². The molecule has 7 heteroatoms. The third-order valence-electron chi connectivity index (χ3n) is 4.91. The van der Waals surface area contributed by atoms with E-state index in [0.717, 1.165) is 11.1 Å². The minimum atomic E-state index is -3.62. The van der Waals surface area contributed by atoms with Crippen molar-refractivity contribution in [2.24, 2.45) is 0 Å². The number of aryl methyl sites for hydroxylation is 2. The Morgan fingerprint density at radius 3 is 2.18 bits per heavy atom. The Hall–Kier alpha value is -2.22. The standard InChI is InChI=1S/C21H26N2O4S/c1-14-5-8-19(11-15(14)2)22-21(24)18-6-9-20(10-7-18)28(25,26)23-12-16(3)27-17(4)13-23/h5-11,16-17H,12-13H2,1-4H3,(H,22,24)/t16-,17+. The first kappa shape index (κ1) is 20.5. The van der Waals surface area contributed by atoms with Crippen molar-refractivity contribution in [2.75, 3.05) is 18.4 Å². The van der Waals surface area contributed by atoms with Crippen molar-refractivity contribution in [2.45, 2.75) is 44.8 Å². The highest BCUT2D eigenvalue weighted by atomic mass is 32.2. The van der Waals surface area contributed by atoms with E-state index in [1.54, 1.807) is 0 Å². The molecule has 150 valence electrons. The lowest BCUT2D eigenvalue weighted by atomic mass is 10.1. The fraction of sp³-hybridized carbons (Fsp3) is 0.381. The molecule has 1 aliphatic heterocycles. The Kier molecular flexibility index (Phi) is 5.88. The van der Waals surface area contributed by atoms with Gasteiger partial charge in [-0.2, -0.15) is 4.31 Å². The number of carbonyl (C=O) groups excluding carboxylic acids is 1. The Balaban J connectivity index is 1.75. The monoisotopic (exact) mass is 402 g/mol. The van der Waals surface area contributed by atoms with Gasteiger partial charge in [-0.1, -0.05) is 6.07 Å². The van der Waals surface area contributed by atoms with Crippen molar-refractivity contribution in [3.05, 3.63) is 59.2 Å². The van der Waals surface area contributed by atoms with Gasteiger partial charge in [-0.25, -0.2) is 8.42 Å². The largest absolute Gasteiger partial charge is 0.373 e. The van der Waals surface area contributed by atoms with Crippen LogP contribution in [-0.2, 0) is 14.8 Å². The van der Waals surface area contributed by atoms with E-state index in [1.165, 1.54) is 28.6 Å². The zero-order valence-corrected chi connectivity index (χ0v) is 17.4. The molecule has 1 aliphatic rings. The van der Waals surface area contributed by atoms with Gasteiger partial charge in [-0.3, -0.25) is 4.79 Å². The van der Waals surface area contributed by atoms with Crippen molar-refractivity contribution >= 4 is 21.6 Å². The van der Waals surface area contributed by atoms with Gasteiger partial charge in [0, 0.05) is 24.3 Å². The van der Waals surface area contributed by atoms with E-state index in [9.17, 15) is 13.2 Å². The molecule has 6 nitrogen and oxygen atoms in total. The molecule has 0 aliphatic carbocycles. The van der Waals surface area contributed by atoms with Crippen LogP contribution in [0.2, 0.25) is 0 Å². The summed E-state index contributed by atoms with van der Waals surface area (Å²) in [5.41, 5.74) is 3.36. The zero-order valence-electron chi connectivity index (χ0n) is 16.6. The van der Waals surface area contributed by atoms with Crippen LogP contribution in [0, 0.1) is 13.8 Å². The summed E-state index contributed by atoms with van der Waals surface area (Å²) in [6.07, 6.45) is -0.303. The fourth-order valence-electron chi connectivity index (χ4n) is 3.28. The second-order valence-corrected chi connectivity index (χ2v) is 9.29. The number of sulfonamides is 1. The van der Waals surface area contributed by atoms with Crippen LogP contribution in [0.1, 0.15) is 35.3 Å². The summed E-state index contributed by atoms with van der Waals surface area (Å²) in [6, 6.07) is 11.7. The maximum absolute atomic E-state index is 12.9. The predicted octanol–water partition coefficient (Wildman–Crippen LogP) is 3.35. The smallest absolute Gasteiger partial charge is 0.255 e. The van der Waals surface area contributed by atoms with Crippen LogP contribution in [0.25, 0.3) is 0 Å². The Bertz CT molecular complexity index is 960. The topological polar surface area (TPSA) is 75.7 Å². The number of carbonyl (C=O) groups is 1. The quantitative estimate of drug-likeness (QED) is 0.851. The molecule has 1 heterocycles. The van der Waals surface area contributed by atoms with Gasteiger partial charge in [0.1, 0.15) is 0 Å². The van der Waals surface area contributed by atoms with Gasteiger partial charge in [0.05, 0.1) is 17.1 Å². The van der Waals surface area contributed by atoms with Crippen LogP contribution in [0.4, 0.5) is 5.69 Å². The lowest BCUT2D eigenvalue weighted by Gasteiger charge is -2.34. The van der Waals surface area contributed by atoms with Gasteiger partial charge in [0.15, 0.2) is 0 Å². The highest BCUT2D eigenvalue weighted by molar-refractivity contribution is 7.89. The van der Waals surface area contributed by atoms with E-state index in [2.05, 4.69) is 5.32 Å². The molecule has 1 saturated heterocycles. The lowest BCUT2D eigenvalue weighted by Crippen LogP contribution is -2.48. The molecular weight excluding hydrogens is 376 g/mol. The molecule has 1 N–H and O–H groups in total. The number of nitrogens with zero attached hydrogens (tertiary/aromatic N) is 1. The number of benzene rings is 2. The number of nitrogens with one attached hydrogen (secondary N) is 1. The van der Waals surface area contributed by atoms with Crippen molar-refractivity contribution in [1.29, 1.82) is 0 Å². The van der Waals surface area contributed by atoms with Gasteiger partial charge >= 0.3 is 0 Å². The Labute approximate surface area is 166 Å².